The summed E-state index contributed by atoms with van der Waals surface area (Å²) in [4.78, 5) is 12.0. The summed E-state index contributed by atoms with van der Waals surface area (Å²) in [5.41, 5.74) is 4.84. The first-order valence-electron chi connectivity index (χ1n) is 6.58. The van der Waals surface area contributed by atoms with Gasteiger partial charge in [-0.25, -0.2) is 0 Å². The molecule has 0 bridgehead atoms. The van der Waals surface area contributed by atoms with E-state index in [1.54, 1.807) is 6.92 Å². The summed E-state index contributed by atoms with van der Waals surface area (Å²) in [6, 6.07) is 2.90. The second-order valence-electron chi connectivity index (χ2n) is 4.79. The zero-order chi connectivity index (χ0) is 16.2. The van der Waals surface area contributed by atoms with Crippen molar-refractivity contribution in [1.82, 2.24) is 0 Å². The first-order chi connectivity index (χ1) is 9.65. The van der Waals surface area contributed by atoms with Gasteiger partial charge in [0.05, 0.1) is 22.2 Å². The van der Waals surface area contributed by atoms with Crippen molar-refractivity contribution >= 4 is 29.0 Å². The number of benzene rings is 1. The first-order valence-corrected chi connectivity index (χ1v) is 7.52. The number of anilines is 2. The van der Waals surface area contributed by atoms with Gasteiger partial charge in [-0.2, -0.15) is 13.2 Å². The van der Waals surface area contributed by atoms with Crippen LogP contribution in [-0.2, 0) is 11.0 Å². The fraction of sp³-hybridized carbons (Fsp3) is 0.500. The molecule has 0 heterocycles. The van der Waals surface area contributed by atoms with Gasteiger partial charge in [-0.05, 0) is 31.5 Å². The maximum atomic E-state index is 12.5. The minimum absolute atomic E-state index is 0.0982. The van der Waals surface area contributed by atoms with Gasteiger partial charge in [0.1, 0.15) is 0 Å². The molecule has 1 aromatic carbocycles. The average molecular weight is 320 g/mol. The van der Waals surface area contributed by atoms with E-state index < -0.39 is 11.7 Å². The van der Waals surface area contributed by atoms with Crippen molar-refractivity contribution in [3.05, 3.63) is 23.8 Å². The average Bonchev–Trinajstić information content (AvgIpc) is 2.39. The quantitative estimate of drug-likeness (QED) is 0.802. The summed E-state index contributed by atoms with van der Waals surface area (Å²) < 4.78 is 37.6. The molecule has 1 rings (SSSR count). The molecule has 0 radical (unpaired) electrons. The second-order valence-corrected chi connectivity index (χ2v) is 6.57. The highest BCUT2D eigenvalue weighted by molar-refractivity contribution is 8.01. The monoisotopic (exact) mass is 320 g/mol. The predicted octanol–water partition coefficient (Wildman–Crippen LogP) is 4.15. The third-order valence-electron chi connectivity index (χ3n) is 3.02. The molecule has 0 aliphatic carbocycles. The van der Waals surface area contributed by atoms with Crippen molar-refractivity contribution in [3.8, 4) is 0 Å². The van der Waals surface area contributed by atoms with Crippen molar-refractivity contribution in [1.29, 1.82) is 0 Å². The van der Waals surface area contributed by atoms with Gasteiger partial charge in [0, 0.05) is 5.25 Å². The van der Waals surface area contributed by atoms with Crippen LogP contribution in [-0.4, -0.2) is 16.4 Å². The molecule has 0 aliphatic rings. The van der Waals surface area contributed by atoms with Crippen LogP contribution in [0.1, 0.15) is 32.8 Å². The van der Waals surface area contributed by atoms with Gasteiger partial charge >= 0.3 is 6.18 Å². The Bertz CT molecular complexity index is 505. The largest absolute Gasteiger partial charge is 0.416 e. The summed E-state index contributed by atoms with van der Waals surface area (Å²) in [5.74, 6) is -0.272. The number of halogens is 3. The third kappa shape index (κ3) is 5.15. The summed E-state index contributed by atoms with van der Waals surface area (Å²) >= 11 is 1.51. The van der Waals surface area contributed by atoms with Crippen LogP contribution in [0.25, 0.3) is 0 Å². The molecule has 0 aliphatic heterocycles. The summed E-state index contributed by atoms with van der Waals surface area (Å²) in [6.45, 7) is 5.80. The second kappa shape index (κ2) is 7.06. The van der Waals surface area contributed by atoms with Crippen LogP contribution in [0, 0.1) is 0 Å². The van der Waals surface area contributed by atoms with Gasteiger partial charge in [0.2, 0.25) is 5.91 Å². The lowest BCUT2D eigenvalue weighted by molar-refractivity contribution is -0.137. The van der Waals surface area contributed by atoms with E-state index in [-0.39, 0.29) is 22.5 Å². The van der Waals surface area contributed by atoms with E-state index in [9.17, 15) is 18.0 Å². The van der Waals surface area contributed by atoms with E-state index in [0.29, 0.717) is 5.25 Å². The Morgan fingerprint density at radius 3 is 2.48 bits per heavy atom. The first kappa shape index (κ1) is 17.7. The molecule has 21 heavy (non-hydrogen) atoms. The molecule has 3 nitrogen and oxygen atoms in total. The molecule has 0 saturated heterocycles. The van der Waals surface area contributed by atoms with Gasteiger partial charge in [-0.1, -0.05) is 13.8 Å². The van der Waals surface area contributed by atoms with Gasteiger partial charge < -0.3 is 11.1 Å². The van der Waals surface area contributed by atoms with Crippen LogP contribution >= 0.6 is 11.8 Å². The maximum absolute atomic E-state index is 12.5. The highest BCUT2D eigenvalue weighted by atomic mass is 32.2. The minimum Gasteiger partial charge on any atom is -0.397 e. The van der Waals surface area contributed by atoms with E-state index in [1.807, 2.05) is 13.8 Å². The molecule has 1 amide bonds. The summed E-state index contributed by atoms with van der Waals surface area (Å²) in [7, 11) is 0. The molecule has 7 heteroatoms. The Hall–Kier alpha value is -1.37. The Kier molecular flexibility index (Phi) is 5.95. The van der Waals surface area contributed by atoms with E-state index in [4.69, 9.17) is 5.73 Å². The van der Waals surface area contributed by atoms with E-state index >= 15 is 0 Å². The SMILES string of the molecule is CCC(C)SC(C)C(=O)Nc1ccc(C(F)(F)F)cc1N. The van der Waals surface area contributed by atoms with E-state index in [0.717, 1.165) is 18.6 Å². The van der Waals surface area contributed by atoms with Crippen molar-refractivity contribution in [2.24, 2.45) is 0 Å². The minimum atomic E-state index is -4.45. The van der Waals surface area contributed by atoms with Crippen molar-refractivity contribution in [2.75, 3.05) is 11.1 Å². The number of nitrogens with two attached hydrogens (primary N) is 1. The molecular formula is C14H19F3N2OS. The van der Waals surface area contributed by atoms with Crippen LogP contribution in [0.3, 0.4) is 0 Å². The molecule has 0 fully saturated rings. The Morgan fingerprint density at radius 2 is 2.00 bits per heavy atom. The lowest BCUT2D eigenvalue weighted by atomic mass is 10.1. The Balaban J connectivity index is 2.77. The van der Waals surface area contributed by atoms with Crippen molar-refractivity contribution in [2.45, 2.75) is 43.9 Å². The zero-order valence-electron chi connectivity index (χ0n) is 12.1. The normalized spacial score (nSPS) is 14.6. The number of nitrogens with one attached hydrogen (secondary N) is 1. The van der Waals surface area contributed by atoms with Crippen LogP contribution in [0.5, 0.6) is 0 Å². The maximum Gasteiger partial charge on any atom is 0.416 e. The highest BCUT2D eigenvalue weighted by Gasteiger charge is 2.31. The molecule has 1 aromatic rings. The Labute approximate surface area is 126 Å². The van der Waals surface area contributed by atoms with E-state index in [1.165, 1.54) is 17.8 Å². The van der Waals surface area contributed by atoms with Crippen LogP contribution < -0.4 is 11.1 Å². The fourth-order valence-corrected chi connectivity index (χ4v) is 2.67. The molecule has 0 spiro atoms. The lowest BCUT2D eigenvalue weighted by Gasteiger charge is -2.17. The molecule has 0 aromatic heterocycles. The van der Waals surface area contributed by atoms with Gasteiger partial charge in [-0.15, -0.1) is 11.8 Å². The van der Waals surface area contributed by atoms with Crippen molar-refractivity contribution < 1.29 is 18.0 Å². The molecule has 118 valence electrons. The highest BCUT2D eigenvalue weighted by Crippen LogP contribution is 2.33. The molecular weight excluding hydrogens is 301 g/mol. The summed E-state index contributed by atoms with van der Waals surface area (Å²) in [5, 5.41) is 2.59. The van der Waals surface area contributed by atoms with Crippen LogP contribution in [0.2, 0.25) is 0 Å². The van der Waals surface area contributed by atoms with E-state index in [2.05, 4.69) is 5.32 Å². The fourth-order valence-electron chi connectivity index (χ4n) is 1.59. The number of carbonyl (C=O) groups excluding carboxylic acids is 1. The number of alkyl halides is 3. The molecule has 2 unspecified atom stereocenters. The van der Waals surface area contributed by atoms with Crippen LogP contribution in [0.4, 0.5) is 24.5 Å². The van der Waals surface area contributed by atoms with Gasteiger partial charge in [0.25, 0.3) is 0 Å². The zero-order valence-corrected chi connectivity index (χ0v) is 12.9. The summed E-state index contributed by atoms with van der Waals surface area (Å²) in [6.07, 6.45) is -3.51. The number of nitrogen functional groups attached to an aromatic ring is 1. The number of carbonyl (C=O) groups is 1. The number of hydrogen-bond acceptors (Lipinski definition) is 3. The third-order valence-corrected chi connectivity index (χ3v) is 4.44. The number of rotatable bonds is 5. The topological polar surface area (TPSA) is 55.1 Å². The van der Waals surface area contributed by atoms with Crippen molar-refractivity contribution in [3.63, 3.8) is 0 Å². The lowest BCUT2D eigenvalue weighted by Crippen LogP contribution is -2.24. The van der Waals surface area contributed by atoms with Gasteiger partial charge in [-0.3, -0.25) is 4.79 Å². The number of amides is 1. The molecule has 2 atom stereocenters. The van der Waals surface area contributed by atoms with Gasteiger partial charge in [0.15, 0.2) is 0 Å². The van der Waals surface area contributed by atoms with Crippen LogP contribution in [0.15, 0.2) is 18.2 Å². The molecule has 3 N–H and O–H groups in total. The standard InChI is InChI=1S/C14H19F3N2OS/c1-4-8(2)21-9(3)13(20)19-12-6-5-10(7-11(12)18)14(15,16)17/h5-9H,4,18H2,1-3H3,(H,19,20). The number of hydrogen-bond donors (Lipinski definition) is 2. The molecule has 0 saturated carbocycles. The number of thioether (sulfide) groups is 1. The predicted molar refractivity (Wildman–Crippen MR) is 81.3 cm³/mol. The Morgan fingerprint density at radius 1 is 1.38 bits per heavy atom. The smallest absolute Gasteiger partial charge is 0.397 e.